The fraction of sp³-hybridized carbons (Fsp3) is 0.111. The number of primary amides is 1. The molecule has 0 unspecified atom stereocenters. The van der Waals surface area contributed by atoms with Crippen LogP contribution in [0.1, 0.15) is 5.56 Å². The number of rotatable bonds is 7. The van der Waals surface area contributed by atoms with Crippen molar-refractivity contribution in [3.05, 3.63) is 58.9 Å². The lowest BCUT2D eigenvalue weighted by Crippen LogP contribution is -2.20. The number of benzene rings is 2. The Labute approximate surface area is 154 Å². The Bertz CT molecular complexity index is 855. The molecule has 0 saturated heterocycles. The summed E-state index contributed by atoms with van der Waals surface area (Å²) in [6.45, 7) is -0.272. The van der Waals surface area contributed by atoms with Crippen LogP contribution >= 0.6 is 11.6 Å². The van der Waals surface area contributed by atoms with Gasteiger partial charge in [0.05, 0.1) is 12.1 Å². The summed E-state index contributed by atoms with van der Waals surface area (Å²) in [4.78, 5) is 22.7. The van der Waals surface area contributed by atoms with E-state index in [2.05, 4.69) is 5.32 Å². The number of nitrogens with one attached hydrogen (secondary N) is 1. The highest BCUT2D eigenvalue weighted by Crippen LogP contribution is 2.28. The van der Waals surface area contributed by atoms with Crippen LogP contribution in [0, 0.1) is 5.82 Å². The standard InChI is InChI=1S/C18H16ClFN2O4/c1-25-16-8-11(2-6-15(16)26-10-17(21)23)3-7-18(24)22-12-4-5-13(19)14(20)9-12/h2-9H,10H2,1H3,(H2,21,23)(H,22,24)/b7-3+. The van der Waals surface area contributed by atoms with Crippen molar-refractivity contribution in [1.29, 1.82) is 0 Å². The van der Waals surface area contributed by atoms with Crippen LogP contribution in [0.25, 0.3) is 6.08 Å². The number of carbonyl (C=O) groups is 2. The molecule has 136 valence electrons. The number of halogens is 2. The minimum Gasteiger partial charge on any atom is -0.493 e. The lowest BCUT2D eigenvalue weighted by molar-refractivity contribution is -0.120. The molecule has 0 spiro atoms. The largest absolute Gasteiger partial charge is 0.493 e. The van der Waals surface area contributed by atoms with E-state index >= 15 is 0 Å². The average molecular weight is 379 g/mol. The molecule has 0 radical (unpaired) electrons. The van der Waals surface area contributed by atoms with E-state index in [9.17, 15) is 14.0 Å². The second kappa shape index (κ2) is 8.87. The Balaban J connectivity index is 2.05. The third-order valence-electron chi connectivity index (χ3n) is 3.17. The van der Waals surface area contributed by atoms with Gasteiger partial charge in [0, 0.05) is 11.8 Å². The molecule has 0 fully saturated rings. The summed E-state index contributed by atoms with van der Waals surface area (Å²) in [6.07, 6.45) is 2.83. The molecule has 0 aliphatic heterocycles. The van der Waals surface area contributed by atoms with Gasteiger partial charge >= 0.3 is 0 Å². The molecule has 0 aliphatic rings. The third kappa shape index (κ3) is 5.49. The Hall–Kier alpha value is -3.06. The first-order valence-electron chi connectivity index (χ1n) is 7.42. The Morgan fingerprint density at radius 1 is 1.23 bits per heavy atom. The van der Waals surface area contributed by atoms with Gasteiger partial charge in [0.15, 0.2) is 18.1 Å². The van der Waals surface area contributed by atoms with Crippen molar-refractivity contribution in [2.24, 2.45) is 5.73 Å². The van der Waals surface area contributed by atoms with E-state index in [1.165, 1.54) is 25.3 Å². The van der Waals surface area contributed by atoms with Crippen LogP contribution in [-0.2, 0) is 9.59 Å². The molecule has 0 atom stereocenters. The Kier molecular flexibility index (Phi) is 6.57. The SMILES string of the molecule is COc1cc(/C=C/C(=O)Nc2ccc(Cl)c(F)c2)ccc1OCC(N)=O. The number of hydrogen-bond acceptors (Lipinski definition) is 4. The summed E-state index contributed by atoms with van der Waals surface area (Å²) in [5, 5.41) is 2.50. The zero-order valence-corrected chi connectivity index (χ0v) is 14.5. The molecule has 2 aromatic carbocycles. The summed E-state index contributed by atoms with van der Waals surface area (Å²) < 4.78 is 23.8. The normalized spacial score (nSPS) is 10.6. The molecule has 2 amide bonds. The predicted octanol–water partition coefficient (Wildman–Crippen LogP) is 3.00. The summed E-state index contributed by atoms with van der Waals surface area (Å²) in [5.74, 6) is -0.936. The molecule has 0 aromatic heterocycles. The van der Waals surface area contributed by atoms with Crippen LogP contribution in [0.4, 0.5) is 10.1 Å². The number of nitrogens with two attached hydrogens (primary N) is 1. The third-order valence-corrected chi connectivity index (χ3v) is 3.48. The molecule has 2 rings (SSSR count). The lowest BCUT2D eigenvalue weighted by atomic mass is 10.2. The highest BCUT2D eigenvalue weighted by molar-refractivity contribution is 6.30. The first-order chi connectivity index (χ1) is 12.4. The van der Waals surface area contributed by atoms with Crippen molar-refractivity contribution in [1.82, 2.24) is 0 Å². The molecule has 3 N–H and O–H groups in total. The smallest absolute Gasteiger partial charge is 0.255 e. The Morgan fingerprint density at radius 3 is 2.65 bits per heavy atom. The first-order valence-corrected chi connectivity index (χ1v) is 7.80. The van der Waals surface area contributed by atoms with Crippen LogP contribution in [0.3, 0.4) is 0 Å². The van der Waals surface area contributed by atoms with Gasteiger partial charge in [-0.3, -0.25) is 9.59 Å². The fourth-order valence-corrected chi connectivity index (χ4v) is 2.10. The molecular formula is C18H16ClFN2O4. The number of ether oxygens (including phenoxy) is 2. The van der Waals surface area contributed by atoms with Gasteiger partial charge in [0.1, 0.15) is 5.82 Å². The number of methoxy groups -OCH3 is 1. The maximum absolute atomic E-state index is 13.4. The van der Waals surface area contributed by atoms with Crippen molar-refractivity contribution in [2.45, 2.75) is 0 Å². The van der Waals surface area contributed by atoms with Gasteiger partial charge in [0.25, 0.3) is 5.91 Å². The van der Waals surface area contributed by atoms with E-state index < -0.39 is 17.6 Å². The zero-order valence-electron chi connectivity index (χ0n) is 13.8. The van der Waals surface area contributed by atoms with Gasteiger partial charge in [-0.2, -0.15) is 0 Å². The molecule has 2 aromatic rings. The fourth-order valence-electron chi connectivity index (χ4n) is 1.99. The average Bonchev–Trinajstić information content (AvgIpc) is 2.61. The molecule has 0 bridgehead atoms. The summed E-state index contributed by atoms with van der Waals surface area (Å²) in [7, 11) is 1.45. The van der Waals surface area contributed by atoms with E-state index in [1.54, 1.807) is 24.3 Å². The van der Waals surface area contributed by atoms with Crippen molar-refractivity contribution < 1.29 is 23.5 Å². The van der Waals surface area contributed by atoms with Crippen LogP contribution in [0.2, 0.25) is 5.02 Å². The highest BCUT2D eigenvalue weighted by Gasteiger charge is 2.07. The highest BCUT2D eigenvalue weighted by atomic mass is 35.5. The van der Waals surface area contributed by atoms with Gasteiger partial charge in [-0.1, -0.05) is 17.7 Å². The van der Waals surface area contributed by atoms with Crippen molar-refractivity contribution >= 4 is 35.2 Å². The van der Waals surface area contributed by atoms with Gasteiger partial charge in [-0.15, -0.1) is 0 Å². The van der Waals surface area contributed by atoms with Gasteiger partial charge < -0.3 is 20.5 Å². The number of carbonyl (C=O) groups excluding carboxylic acids is 2. The van der Waals surface area contributed by atoms with E-state index in [4.69, 9.17) is 26.8 Å². The van der Waals surface area contributed by atoms with E-state index in [-0.39, 0.29) is 17.3 Å². The number of hydrogen-bond donors (Lipinski definition) is 2. The van der Waals surface area contributed by atoms with Crippen molar-refractivity contribution in [2.75, 3.05) is 19.0 Å². The lowest BCUT2D eigenvalue weighted by Gasteiger charge is -2.10. The molecule has 26 heavy (non-hydrogen) atoms. The minimum absolute atomic E-state index is 0.0238. The van der Waals surface area contributed by atoms with Crippen molar-refractivity contribution in [3.8, 4) is 11.5 Å². The summed E-state index contributed by atoms with van der Waals surface area (Å²) >= 11 is 5.59. The molecule has 6 nitrogen and oxygen atoms in total. The first kappa shape index (κ1) is 19.3. The monoisotopic (exact) mass is 378 g/mol. The minimum atomic E-state index is -0.621. The zero-order chi connectivity index (χ0) is 19.1. The second-order valence-corrected chi connectivity index (χ2v) is 5.52. The predicted molar refractivity (Wildman–Crippen MR) is 96.8 cm³/mol. The van der Waals surface area contributed by atoms with E-state index in [0.29, 0.717) is 17.1 Å². The number of amides is 2. The molecule has 0 saturated carbocycles. The van der Waals surface area contributed by atoms with Crippen LogP contribution in [-0.4, -0.2) is 25.5 Å². The van der Waals surface area contributed by atoms with Crippen LogP contribution in [0.5, 0.6) is 11.5 Å². The molecule has 8 heteroatoms. The van der Waals surface area contributed by atoms with E-state index in [0.717, 1.165) is 6.07 Å². The van der Waals surface area contributed by atoms with Gasteiger partial charge in [0.2, 0.25) is 5.91 Å². The maximum atomic E-state index is 13.4. The summed E-state index contributed by atoms with van der Waals surface area (Å²) in [5.41, 5.74) is 5.98. The van der Waals surface area contributed by atoms with Crippen molar-refractivity contribution in [3.63, 3.8) is 0 Å². The maximum Gasteiger partial charge on any atom is 0.255 e. The Morgan fingerprint density at radius 2 is 2.00 bits per heavy atom. The van der Waals surface area contributed by atoms with Crippen LogP contribution in [0.15, 0.2) is 42.5 Å². The topological polar surface area (TPSA) is 90.7 Å². The second-order valence-electron chi connectivity index (χ2n) is 5.12. The van der Waals surface area contributed by atoms with Gasteiger partial charge in [-0.25, -0.2) is 4.39 Å². The molecule has 0 aliphatic carbocycles. The number of anilines is 1. The molecular weight excluding hydrogens is 363 g/mol. The summed E-state index contributed by atoms with van der Waals surface area (Å²) in [6, 6.07) is 8.86. The van der Waals surface area contributed by atoms with Gasteiger partial charge in [-0.05, 0) is 42.0 Å². The quantitative estimate of drug-likeness (QED) is 0.724. The van der Waals surface area contributed by atoms with E-state index in [1.807, 2.05) is 0 Å². The van der Waals surface area contributed by atoms with Crippen LogP contribution < -0.4 is 20.5 Å². The molecule has 0 heterocycles.